The molecule has 8 rings (SSSR count). The number of hydrogen-bond acceptors (Lipinski definition) is 4. The monoisotopic (exact) mass is 553 g/mol. The van der Waals surface area contributed by atoms with Gasteiger partial charge in [-0.25, -0.2) is 9.50 Å². The quantitative estimate of drug-likeness (QED) is 0.204. The average Bonchev–Trinajstić information content (AvgIpc) is 3.49. The van der Waals surface area contributed by atoms with E-state index in [-0.39, 0.29) is 0 Å². The maximum Gasteiger partial charge on any atom is 0.182 e. The van der Waals surface area contributed by atoms with Gasteiger partial charge in [-0.15, -0.1) is 5.10 Å². The molecule has 0 fully saturated rings. The van der Waals surface area contributed by atoms with E-state index in [1.165, 1.54) is 0 Å². The van der Waals surface area contributed by atoms with E-state index in [4.69, 9.17) is 20.1 Å². The minimum Gasteiger partial charge on any atom is -0.251 e. The summed E-state index contributed by atoms with van der Waals surface area (Å²) in [6.45, 7) is 4.06. The first-order valence-corrected chi connectivity index (χ1v) is 14.4. The lowest BCUT2D eigenvalue weighted by atomic mass is 9.97. The van der Waals surface area contributed by atoms with Gasteiger partial charge in [0.05, 0.1) is 11.0 Å². The summed E-state index contributed by atoms with van der Waals surface area (Å²) in [4.78, 5) is 14.9. The second kappa shape index (κ2) is 10.00. The largest absolute Gasteiger partial charge is 0.251 e. The SMILES string of the molecule is Cc1ccc2ccc3c(-c4cccc(-c5nc6c(-c7ccccc7)cc(-c7ccccc7)cn6n5)c4)cc(C)nc3c2n1. The number of hydrogen-bond donors (Lipinski definition) is 0. The Morgan fingerprint density at radius 3 is 2.00 bits per heavy atom. The van der Waals surface area contributed by atoms with Gasteiger partial charge < -0.3 is 0 Å². The minimum absolute atomic E-state index is 0.682. The maximum atomic E-state index is 5.09. The normalized spacial score (nSPS) is 11.5. The highest BCUT2D eigenvalue weighted by molar-refractivity contribution is 6.08. The van der Waals surface area contributed by atoms with E-state index < -0.39 is 0 Å². The Balaban J connectivity index is 1.30. The van der Waals surface area contributed by atoms with E-state index in [0.717, 1.165) is 77.8 Å². The van der Waals surface area contributed by atoms with Crippen molar-refractivity contribution in [3.05, 3.63) is 139 Å². The smallest absolute Gasteiger partial charge is 0.182 e. The number of rotatable bonds is 4. The van der Waals surface area contributed by atoms with Gasteiger partial charge in [-0.3, -0.25) is 9.97 Å². The van der Waals surface area contributed by atoms with Crippen LogP contribution in [0.2, 0.25) is 0 Å². The molecule has 5 nitrogen and oxygen atoms in total. The van der Waals surface area contributed by atoms with Crippen molar-refractivity contribution in [1.82, 2.24) is 24.6 Å². The second-order valence-corrected chi connectivity index (χ2v) is 11.0. The molecule has 0 amide bonds. The predicted octanol–water partition coefficient (Wildman–Crippen LogP) is 9.11. The molecule has 0 unspecified atom stereocenters. The Kier molecular flexibility index (Phi) is 5.83. The topological polar surface area (TPSA) is 56.0 Å². The van der Waals surface area contributed by atoms with Gasteiger partial charge in [0.1, 0.15) is 0 Å². The molecule has 0 aliphatic carbocycles. The summed E-state index contributed by atoms with van der Waals surface area (Å²) >= 11 is 0. The third-order valence-corrected chi connectivity index (χ3v) is 7.96. The van der Waals surface area contributed by atoms with E-state index >= 15 is 0 Å². The molecule has 4 aromatic heterocycles. The summed E-state index contributed by atoms with van der Waals surface area (Å²) in [5, 5.41) is 7.17. The van der Waals surface area contributed by atoms with Crippen LogP contribution in [-0.4, -0.2) is 24.6 Å². The standard InChI is InChI=1S/C38H27N5/c1-24-16-17-28-18-19-32-33(20-25(2)40-36(32)35(28)39-24)29-14-9-15-30(21-29)37-41-38-34(27-12-7-4-8-13-27)22-31(23-43(38)42-37)26-10-5-3-6-11-26/h3-23H,1-2H3. The van der Waals surface area contributed by atoms with Gasteiger partial charge in [-0.05, 0) is 60.4 Å². The maximum absolute atomic E-state index is 5.09. The number of nitrogens with zero attached hydrogens (tertiary/aromatic N) is 5. The van der Waals surface area contributed by atoms with E-state index in [2.05, 4.69) is 109 Å². The van der Waals surface area contributed by atoms with Crippen molar-refractivity contribution in [2.24, 2.45) is 0 Å². The number of aryl methyl sites for hydroxylation is 2. The molecular weight excluding hydrogens is 526 g/mol. The molecule has 0 spiro atoms. The van der Waals surface area contributed by atoms with Crippen molar-refractivity contribution in [2.75, 3.05) is 0 Å². The zero-order chi connectivity index (χ0) is 28.9. The molecule has 0 aliphatic heterocycles. The van der Waals surface area contributed by atoms with Crippen LogP contribution in [-0.2, 0) is 0 Å². The van der Waals surface area contributed by atoms with Crippen LogP contribution in [0.3, 0.4) is 0 Å². The van der Waals surface area contributed by atoms with Crippen LogP contribution in [0, 0.1) is 13.8 Å². The summed E-state index contributed by atoms with van der Waals surface area (Å²) < 4.78 is 1.92. The highest BCUT2D eigenvalue weighted by Gasteiger charge is 2.16. The van der Waals surface area contributed by atoms with Crippen molar-refractivity contribution in [1.29, 1.82) is 0 Å². The van der Waals surface area contributed by atoms with Crippen LogP contribution in [0.4, 0.5) is 0 Å². The average molecular weight is 554 g/mol. The molecule has 4 aromatic carbocycles. The summed E-state index contributed by atoms with van der Waals surface area (Å²) in [5.74, 6) is 0.682. The molecule has 43 heavy (non-hydrogen) atoms. The molecule has 5 heteroatoms. The fraction of sp³-hybridized carbons (Fsp3) is 0.0526. The van der Waals surface area contributed by atoms with E-state index in [0.29, 0.717) is 5.82 Å². The number of fused-ring (bicyclic) bond motifs is 4. The predicted molar refractivity (Wildman–Crippen MR) is 175 cm³/mol. The zero-order valence-corrected chi connectivity index (χ0v) is 23.9. The first-order valence-electron chi connectivity index (χ1n) is 14.4. The Hall–Kier alpha value is -5.68. The lowest BCUT2D eigenvalue weighted by Crippen LogP contribution is -1.93. The van der Waals surface area contributed by atoms with Crippen molar-refractivity contribution >= 4 is 27.5 Å². The Labute approximate surface area is 249 Å². The highest BCUT2D eigenvalue weighted by atomic mass is 15.3. The molecule has 0 N–H and O–H groups in total. The van der Waals surface area contributed by atoms with Crippen LogP contribution in [0.5, 0.6) is 0 Å². The second-order valence-electron chi connectivity index (χ2n) is 11.0. The van der Waals surface area contributed by atoms with Crippen LogP contribution in [0.25, 0.3) is 72.2 Å². The molecule has 0 bridgehead atoms. The first-order chi connectivity index (χ1) is 21.1. The summed E-state index contributed by atoms with van der Waals surface area (Å²) in [7, 11) is 0. The molecule has 0 aliphatic rings. The fourth-order valence-electron chi connectivity index (χ4n) is 5.89. The molecule has 0 radical (unpaired) electrons. The van der Waals surface area contributed by atoms with E-state index in [9.17, 15) is 0 Å². The number of benzene rings is 4. The summed E-state index contributed by atoms with van der Waals surface area (Å²) in [6, 6.07) is 42.1. The molecular formula is C38H27N5. The Bertz CT molecular complexity index is 2300. The fourth-order valence-corrected chi connectivity index (χ4v) is 5.89. The minimum atomic E-state index is 0.682. The summed E-state index contributed by atoms with van der Waals surface area (Å²) in [5.41, 5.74) is 12.2. The number of pyridine rings is 3. The van der Waals surface area contributed by atoms with Crippen molar-refractivity contribution in [3.8, 4) is 44.8 Å². The highest BCUT2D eigenvalue weighted by Crippen LogP contribution is 2.35. The van der Waals surface area contributed by atoms with E-state index in [1.54, 1.807) is 0 Å². The van der Waals surface area contributed by atoms with Gasteiger partial charge in [0.25, 0.3) is 0 Å². The zero-order valence-electron chi connectivity index (χ0n) is 23.9. The van der Waals surface area contributed by atoms with Crippen LogP contribution >= 0.6 is 0 Å². The molecule has 0 atom stereocenters. The molecule has 4 heterocycles. The van der Waals surface area contributed by atoms with Gasteiger partial charge in [-0.1, -0.05) is 97.1 Å². The Morgan fingerprint density at radius 2 is 1.19 bits per heavy atom. The first kappa shape index (κ1) is 25.1. The number of aromatic nitrogens is 5. The third kappa shape index (κ3) is 4.43. The molecule has 0 saturated heterocycles. The van der Waals surface area contributed by atoms with Gasteiger partial charge in [0, 0.05) is 45.0 Å². The Morgan fingerprint density at radius 1 is 0.488 bits per heavy atom. The van der Waals surface area contributed by atoms with Gasteiger partial charge in [0.15, 0.2) is 11.5 Å². The molecule has 0 saturated carbocycles. The van der Waals surface area contributed by atoms with Gasteiger partial charge in [-0.2, -0.15) is 0 Å². The molecule has 204 valence electrons. The van der Waals surface area contributed by atoms with Gasteiger partial charge >= 0.3 is 0 Å². The van der Waals surface area contributed by atoms with Crippen molar-refractivity contribution in [3.63, 3.8) is 0 Å². The lowest BCUT2D eigenvalue weighted by molar-refractivity contribution is 0.968. The van der Waals surface area contributed by atoms with Crippen molar-refractivity contribution < 1.29 is 0 Å². The summed E-state index contributed by atoms with van der Waals surface area (Å²) in [6.07, 6.45) is 2.07. The van der Waals surface area contributed by atoms with Crippen LogP contribution in [0.15, 0.2) is 128 Å². The van der Waals surface area contributed by atoms with Crippen LogP contribution in [0.1, 0.15) is 11.4 Å². The van der Waals surface area contributed by atoms with E-state index in [1.807, 2.05) is 36.6 Å². The van der Waals surface area contributed by atoms with Crippen LogP contribution < -0.4 is 0 Å². The lowest BCUT2D eigenvalue weighted by Gasteiger charge is -2.11. The third-order valence-electron chi connectivity index (χ3n) is 7.96. The van der Waals surface area contributed by atoms with Gasteiger partial charge in [0.2, 0.25) is 0 Å². The molecule has 8 aromatic rings. The van der Waals surface area contributed by atoms with Crippen molar-refractivity contribution in [2.45, 2.75) is 13.8 Å².